The van der Waals surface area contributed by atoms with E-state index in [0.29, 0.717) is 5.02 Å². The molecule has 4 heteroatoms. The summed E-state index contributed by atoms with van der Waals surface area (Å²) in [4.78, 5) is 0. The van der Waals surface area contributed by atoms with Crippen LogP contribution in [-0.2, 0) is 0 Å². The fourth-order valence-corrected chi connectivity index (χ4v) is 1.01. The van der Waals surface area contributed by atoms with Crippen LogP contribution in [0.1, 0.15) is 0 Å². The fourth-order valence-electron chi connectivity index (χ4n) is 0.882. The van der Waals surface area contributed by atoms with Crippen molar-refractivity contribution in [3.63, 3.8) is 0 Å². The Labute approximate surface area is 97.6 Å². The second-order valence-electron chi connectivity index (χ2n) is 2.95. The maximum absolute atomic E-state index is 12.0. The van der Waals surface area contributed by atoms with Gasteiger partial charge in [0.25, 0.3) is 0 Å². The van der Waals surface area contributed by atoms with Crippen molar-refractivity contribution in [1.29, 1.82) is 0 Å². The van der Waals surface area contributed by atoms with Crippen molar-refractivity contribution in [2.45, 2.75) is 0 Å². The van der Waals surface area contributed by atoms with Gasteiger partial charge in [-0.15, -0.1) is 0 Å². The molecule has 0 atom stereocenters. The summed E-state index contributed by atoms with van der Waals surface area (Å²) >= 11 is 5.50. The van der Waals surface area contributed by atoms with Crippen molar-refractivity contribution < 1.29 is 14.6 Å². The molecular formula is C12H10ClFO2. The molecule has 0 aliphatic heterocycles. The van der Waals surface area contributed by atoms with Crippen molar-refractivity contribution in [2.75, 3.05) is 0 Å². The molecule has 0 bridgehead atoms. The number of hydrogen-bond donors (Lipinski definition) is 2. The highest BCUT2D eigenvalue weighted by Crippen LogP contribution is 2.12. The maximum atomic E-state index is 12.0. The van der Waals surface area contributed by atoms with Crippen LogP contribution >= 0.6 is 11.6 Å². The van der Waals surface area contributed by atoms with E-state index in [2.05, 4.69) is 0 Å². The fraction of sp³-hybridized carbons (Fsp3) is 0. The van der Waals surface area contributed by atoms with E-state index in [1.807, 2.05) is 0 Å². The highest BCUT2D eigenvalue weighted by molar-refractivity contribution is 6.30. The van der Waals surface area contributed by atoms with E-state index in [1.54, 1.807) is 24.3 Å². The number of phenols is 2. The highest BCUT2D eigenvalue weighted by atomic mass is 35.5. The van der Waals surface area contributed by atoms with Gasteiger partial charge >= 0.3 is 0 Å². The predicted octanol–water partition coefficient (Wildman–Crippen LogP) is 3.58. The van der Waals surface area contributed by atoms with E-state index in [-0.39, 0.29) is 17.3 Å². The maximum Gasteiger partial charge on any atom is 0.123 e. The lowest BCUT2D eigenvalue weighted by molar-refractivity contribution is 0.473. The van der Waals surface area contributed by atoms with Crippen LogP contribution in [0.4, 0.5) is 4.39 Å². The van der Waals surface area contributed by atoms with Crippen molar-refractivity contribution in [3.05, 3.63) is 59.4 Å². The number of halogens is 2. The average molecular weight is 241 g/mol. The Bertz CT molecular complexity index is 340. The Hall–Kier alpha value is -1.74. The van der Waals surface area contributed by atoms with E-state index in [0.717, 1.165) is 0 Å². The van der Waals surface area contributed by atoms with Crippen LogP contribution in [0.5, 0.6) is 11.5 Å². The molecule has 0 saturated heterocycles. The van der Waals surface area contributed by atoms with Gasteiger partial charge in [0.1, 0.15) is 17.3 Å². The first kappa shape index (κ1) is 12.3. The monoisotopic (exact) mass is 240 g/mol. The summed E-state index contributed by atoms with van der Waals surface area (Å²) in [5, 5.41) is 17.9. The van der Waals surface area contributed by atoms with Gasteiger partial charge in [-0.05, 0) is 48.5 Å². The van der Waals surface area contributed by atoms with Gasteiger partial charge in [0.2, 0.25) is 0 Å². The molecule has 2 rings (SSSR count). The van der Waals surface area contributed by atoms with Crippen molar-refractivity contribution >= 4 is 11.6 Å². The summed E-state index contributed by atoms with van der Waals surface area (Å²) in [7, 11) is 0. The minimum Gasteiger partial charge on any atom is -0.508 e. The third kappa shape index (κ3) is 4.66. The van der Waals surface area contributed by atoms with Crippen molar-refractivity contribution in [3.8, 4) is 11.5 Å². The molecule has 0 amide bonds. The summed E-state index contributed by atoms with van der Waals surface area (Å²) in [6.45, 7) is 0. The van der Waals surface area contributed by atoms with Gasteiger partial charge in [-0.3, -0.25) is 0 Å². The quantitative estimate of drug-likeness (QED) is 0.739. The molecule has 0 aliphatic rings. The average Bonchev–Trinajstić information content (AvgIpc) is 2.28. The van der Waals surface area contributed by atoms with Gasteiger partial charge in [-0.25, -0.2) is 4.39 Å². The summed E-state index contributed by atoms with van der Waals surface area (Å²) in [5.74, 6) is 0.00333. The first-order valence-corrected chi connectivity index (χ1v) is 4.85. The van der Waals surface area contributed by atoms with Gasteiger partial charge < -0.3 is 10.2 Å². The smallest absolute Gasteiger partial charge is 0.123 e. The lowest BCUT2D eigenvalue weighted by atomic mass is 10.3. The molecule has 16 heavy (non-hydrogen) atoms. The largest absolute Gasteiger partial charge is 0.508 e. The molecule has 2 aromatic carbocycles. The molecule has 0 fully saturated rings. The Morgan fingerprint density at radius 3 is 1.44 bits per heavy atom. The molecule has 0 heterocycles. The third-order valence-corrected chi connectivity index (χ3v) is 1.91. The Kier molecular flexibility index (Phi) is 4.61. The van der Waals surface area contributed by atoms with Crippen LogP contribution < -0.4 is 0 Å². The SMILES string of the molecule is Oc1ccc(Cl)cc1.Oc1ccc(F)cc1. The van der Waals surface area contributed by atoms with Crippen LogP contribution in [0.3, 0.4) is 0 Å². The minimum absolute atomic E-state index is 0.0893. The highest BCUT2D eigenvalue weighted by Gasteiger charge is 1.85. The molecule has 0 saturated carbocycles. The first-order chi connectivity index (χ1) is 7.58. The summed E-state index contributed by atoms with van der Waals surface area (Å²) in [6, 6.07) is 11.4. The second kappa shape index (κ2) is 5.98. The molecule has 2 N–H and O–H groups in total. The van der Waals surface area contributed by atoms with Gasteiger partial charge in [0, 0.05) is 5.02 Å². The van der Waals surface area contributed by atoms with Gasteiger partial charge in [-0.1, -0.05) is 11.6 Å². The number of phenolic OH excluding ortho intramolecular Hbond substituents is 2. The first-order valence-electron chi connectivity index (χ1n) is 4.47. The molecule has 0 spiro atoms. The molecular weight excluding hydrogens is 231 g/mol. The number of aromatic hydroxyl groups is 2. The molecule has 0 radical (unpaired) electrons. The van der Waals surface area contributed by atoms with E-state index in [1.165, 1.54) is 24.3 Å². The Morgan fingerprint density at radius 1 is 0.750 bits per heavy atom. The summed E-state index contributed by atoms with van der Waals surface area (Å²) < 4.78 is 12.0. The standard InChI is InChI=1S/C6H5ClO.C6H5FO/c2*7-5-1-3-6(8)4-2-5/h2*1-4,8H. The lowest BCUT2D eigenvalue weighted by Gasteiger charge is -1.87. The Balaban J connectivity index is 0.000000160. The molecule has 2 aromatic rings. The zero-order valence-electron chi connectivity index (χ0n) is 8.27. The van der Waals surface area contributed by atoms with Crippen molar-refractivity contribution in [2.24, 2.45) is 0 Å². The number of hydrogen-bond acceptors (Lipinski definition) is 2. The molecule has 84 valence electrons. The van der Waals surface area contributed by atoms with Crippen LogP contribution in [0.15, 0.2) is 48.5 Å². The second-order valence-corrected chi connectivity index (χ2v) is 3.39. The van der Waals surface area contributed by atoms with Crippen LogP contribution in [0, 0.1) is 5.82 Å². The normalized spacial score (nSPS) is 9.12. The zero-order chi connectivity index (χ0) is 12.0. The van der Waals surface area contributed by atoms with Crippen LogP contribution in [0.25, 0.3) is 0 Å². The van der Waals surface area contributed by atoms with Crippen LogP contribution in [-0.4, -0.2) is 10.2 Å². The molecule has 0 unspecified atom stereocenters. The van der Waals surface area contributed by atoms with Gasteiger partial charge in [0.05, 0.1) is 0 Å². The summed E-state index contributed by atoms with van der Waals surface area (Å²) in [5.41, 5.74) is 0. The van der Waals surface area contributed by atoms with Crippen molar-refractivity contribution in [1.82, 2.24) is 0 Å². The third-order valence-electron chi connectivity index (χ3n) is 1.65. The number of rotatable bonds is 0. The topological polar surface area (TPSA) is 40.5 Å². The lowest BCUT2D eigenvalue weighted by Crippen LogP contribution is -1.67. The molecule has 0 aliphatic carbocycles. The zero-order valence-corrected chi connectivity index (χ0v) is 9.03. The minimum atomic E-state index is -0.331. The van der Waals surface area contributed by atoms with E-state index in [4.69, 9.17) is 21.8 Å². The Morgan fingerprint density at radius 2 is 1.12 bits per heavy atom. The summed E-state index contributed by atoms with van der Waals surface area (Å²) in [6.07, 6.45) is 0. The number of benzene rings is 2. The molecule has 2 nitrogen and oxygen atoms in total. The van der Waals surface area contributed by atoms with E-state index < -0.39 is 0 Å². The van der Waals surface area contributed by atoms with Gasteiger partial charge in [-0.2, -0.15) is 0 Å². The van der Waals surface area contributed by atoms with Gasteiger partial charge in [0.15, 0.2) is 0 Å². The van der Waals surface area contributed by atoms with E-state index >= 15 is 0 Å². The van der Waals surface area contributed by atoms with Crippen LogP contribution in [0.2, 0.25) is 5.02 Å². The molecule has 0 aromatic heterocycles. The predicted molar refractivity (Wildman–Crippen MR) is 61.2 cm³/mol. The van der Waals surface area contributed by atoms with E-state index in [9.17, 15) is 4.39 Å².